The first-order chi connectivity index (χ1) is 8.04. The van der Waals surface area contributed by atoms with Crippen LogP contribution in [0.5, 0.6) is 11.5 Å². The van der Waals surface area contributed by atoms with Crippen molar-refractivity contribution < 1.29 is 14.4 Å². The maximum atomic E-state index is 10.1. The fraction of sp³-hybridized carbons (Fsp3) is 0.182. The first-order valence-electron chi connectivity index (χ1n) is 4.83. The number of methoxy groups -OCH3 is 1. The summed E-state index contributed by atoms with van der Waals surface area (Å²) >= 11 is 5.94. The van der Waals surface area contributed by atoms with Crippen LogP contribution in [0.1, 0.15) is 5.56 Å². The Balaban J connectivity index is 2.69. The maximum absolute atomic E-state index is 10.1. The molecule has 90 valence electrons. The highest BCUT2D eigenvalue weighted by atomic mass is 35.5. The normalized spacial score (nSPS) is 10.5. The topological polar surface area (TPSA) is 81.5 Å². The van der Waals surface area contributed by atoms with Crippen LogP contribution in [0.3, 0.4) is 0 Å². The number of phenolic OH excluding ortho intramolecular Hbond substituents is 1. The van der Waals surface area contributed by atoms with E-state index in [1.807, 2.05) is 0 Å². The number of nitrogens with two attached hydrogens (primary N) is 1. The van der Waals surface area contributed by atoms with Crippen molar-refractivity contribution in [2.75, 3.05) is 12.8 Å². The van der Waals surface area contributed by atoms with Gasteiger partial charge < -0.3 is 20.1 Å². The van der Waals surface area contributed by atoms with Gasteiger partial charge in [0.15, 0.2) is 23.1 Å². The summed E-state index contributed by atoms with van der Waals surface area (Å²) in [4.78, 5) is 0. The van der Waals surface area contributed by atoms with Gasteiger partial charge in [-0.05, 0) is 18.6 Å². The molecule has 6 heteroatoms. The van der Waals surface area contributed by atoms with E-state index in [0.717, 1.165) is 5.56 Å². The van der Waals surface area contributed by atoms with Gasteiger partial charge in [-0.3, -0.25) is 0 Å². The van der Waals surface area contributed by atoms with Crippen molar-refractivity contribution in [1.29, 1.82) is 0 Å². The number of phenols is 1. The number of anilines is 1. The van der Waals surface area contributed by atoms with E-state index in [1.54, 1.807) is 13.0 Å². The summed E-state index contributed by atoms with van der Waals surface area (Å²) in [5.74, 6) is 0.719. The fourth-order valence-electron chi connectivity index (χ4n) is 1.65. The minimum absolute atomic E-state index is 0.0892. The third-order valence-electron chi connectivity index (χ3n) is 2.39. The number of aromatic nitrogens is 1. The molecule has 1 aromatic heterocycles. The molecule has 2 aromatic rings. The number of nitrogens with zero attached hydrogens (tertiary/aromatic N) is 1. The van der Waals surface area contributed by atoms with Crippen molar-refractivity contribution in [2.45, 2.75) is 6.92 Å². The molecule has 0 fully saturated rings. The molecule has 2 rings (SSSR count). The smallest absolute Gasteiger partial charge is 0.179 e. The minimum atomic E-state index is -0.0892. The van der Waals surface area contributed by atoms with Gasteiger partial charge >= 0.3 is 0 Å². The third kappa shape index (κ3) is 1.89. The minimum Gasteiger partial charge on any atom is -0.504 e. The Labute approximate surface area is 103 Å². The van der Waals surface area contributed by atoms with Crippen LogP contribution < -0.4 is 10.5 Å². The molecule has 0 aliphatic carbocycles. The van der Waals surface area contributed by atoms with Gasteiger partial charge in [0.2, 0.25) is 0 Å². The standard InChI is InChI=1S/C11H11ClN2O3/c1-5-3-6(12)11(16-2)10(15)9(5)7-4-8(13)14-17-7/h3-4,15H,1-2H3,(H2,13,14). The number of halogens is 1. The average Bonchev–Trinajstić information content (AvgIpc) is 2.64. The van der Waals surface area contributed by atoms with Gasteiger partial charge in [-0.1, -0.05) is 16.8 Å². The maximum Gasteiger partial charge on any atom is 0.179 e. The van der Waals surface area contributed by atoms with Gasteiger partial charge in [0.25, 0.3) is 0 Å². The second-order valence-electron chi connectivity index (χ2n) is 3.55. The van der Waals surface area contributed by atoms with Crippen LogP contribution >= 0.6 is 11.6 Å². The number of hydrogen-bond acceptors (Lipinski definition) is 5. The van der Waals surface area contributed by atoms with E-state index in [4.69, 9.17) is 26.6 Å². The Kier molecular flexibility index (Phi) is 2.85. The molecule has 0 bridgehead atoms. The summed E-state index contributed by atoms with van der Waals surface area (Å²) in [5.41, 5.74) is 6.68. The average molecular weight is 255 g/mol. The van der Waals surface area contributed by atoms with Gasteiger partial charge in [0, 0.05) is 6.07 Å². The lowest BCUT2D eigenvalue weighted by Gasteiger charge is -2.11. The van der Waals surface area contributed by atoms with Crippen molar-refractivity contribution in [3.05, 3.63) is 22.7 Å². The van der Waals surface area contributed by atoms with E-state index in [9.17, 15) is 5.11 Å². The molecule has 1 heterocycles. The molecule has 3 N–H and O–H groups in total. The molecule has 5 nitrogen and oxygen atoms in total. The third-order valence-corrected chi connectivity index (χ3v) is 2.67. The van der Waals surface area contributed by atoms with E-state index in [1.165, 1.54) is 13.2 Å². The van der Waals surface area contributed by atoms with E-state index in [2.05, 4.69) is 5.16 Å². The molecule has 0 saturated carbocycles. The van der Waals surface area contributed by atoms with Crippen molar-refractivity contribution in [3.63, 3.8) is 0 Å². The van der Waals surface area contributed by atoms with Crippen LogP contribution in [0.4, 0.5) is 5.82 Å². The Morgan fingerprint density at radius 1 is 1.47 bits per heavy atom. The van der Waals surface area contributed by atoms with E-state index >= 15 is 0 Å². The fourth-order valence-corrected chi connectivity index (χ4v) is 1.98. The van der Waals surface area contributed by atoms with Gasteiger partial charge in [-0.25, -0.2) is 0 Å². The molecule has 0 aliphatic heterocycles. The van der Waals surface area contributed by atoms with Crippen molar-refractivity contribution in [2.24, 2.45) is 0 Å². The zero-order valence-electron chi connectivity index (χ0n) is 9.32. The van der Waals surface area contributed by atoms with Gasteiger partial charge in [0.1, 0.15) is 0 Å². The van der Waals surface area contributed by atoms with Crippen LogP contribution in [-0.4, -0.2) is 17.4 Å². The van der Waals surface area contributed by atoms with E-state index < -0.39 is 0 Å². The van der Waals surface area contributed by atoms with Gasteiger partial charge in [-0.15, -0.1) is 0 Å². The number of rotatable bonds is 2. The van der Waals surface area contributed by atoms with Crippen LogP contribution in [-0.2, 0) is 0 Å². The highest BCUT2D eigenvalue weighted by Gasteiger charge is 2.19. The van der Waals surface area contributed by atoms with Crippen molar-refractivity contribution in [1.82, 2.24) is 5.16 Å². The monoisotopic (exact) mass is 254 g/mol. The van der Waals surface area contributed by atoms with E-state index in [0.29, 0.717) is 16.3 Å². The zero-order valence-corrected chi connectivity index (χ0v) is 10.1. The van der Waals surface area contributed by atoms with Gasteiger partial charge in [0.05, 0.1) is 17.7 Å². The molecule has 1 aromatic carbocycles. The predicted molar refractivity (Wildman–Crippen MR) is 64.3 cm³/mol. The molecular formula is C11H11ClN2O3. The first-order valence-corrected chi connectivity index (χ1v) is 5.21. The summed E-state index contributed by atoms with van der Waals surface area (Å²) in [6, 6.07) is 3.20. The summed E-state index contributed by atoms with van der Waals surface area (Å²) in [5, 5.41) is 14.0. The van der Waals surface area contributed by atoms with Gasteiger partial charge in [-0.2, -0.15) is 0 Å². The highest BCUT2D eigenvalue weighted by molar-refractivity contribution is 6.32. The molecule has 0 saturated heterocycles. The Morgan fingerprint density at radius 3 is 2.71 bits per heavy atom. The molecule has 0 spiro atoms. The quantitative estimate of drug-likeness (QED) is 0.861. The molecule has 0 unspecified atom stereocenters. The molecule has 17 heavy (non-hydrogen) atoms. The second-order valence-corrected chi connectivity index (χ2v) is 3.96. The van der Waals surface area contributed by atoms with Crippen LogP contribution in [0.25, 0.3) is 11.3 Å². The lowest BCUT2D eigenvalue weighted by atomic mass is 10.0. The number of nitrogen functional groups attached to an aromatic ring is 1. The number of ether oxygens (including phenoxy) is 1. The molecule has 0 atom stereocenters. The lowest BCUT2D eigenvalue weighted by molar-refractivity contribution is 0.372. The number of hydrogen-bond donors (Lipinski definition) is 2. The zero-order chi connectivity index (χ0) is 12.6. The highest BCUT2D eigenvalue weighted by Crippen LogP contribution is 2.44. The molecule has 0 amide bonds. The summed E-state index contributed by atoms with van der Waals surface area (Å²) < 4.78 is 10.0. The lowest BCUT2D eigenvalue weighted by Crippen LogP contribution is -1.90. The summed E-state index contributed by atoms with van der Waals surface area (Å²) in [6.07, 6.45) is 0. The summed E-state index contributed by atoms with van der Waals surface area (Å²) in [6.45, 7) is 1.79. The summed E-state index contributed by atoms with van der Waals surface area (Å²) in [7, 11) is 1.43. The Hall–Kier alpha value is -1.88. The largest absolute Gasteiger partial charge is 0.504 e. The van der Waals surface area contributed by atoms with Crippen molar-refractivity contribution >= 4 is 17.4 Å². The Bertz CT molecular complexity index is 566. The Morgan fingerprint density at radius 2 is 2.18 bits per heavy atom. The number of aromatic hydroxyl groups is 1. The number of aryl methyl sites for hydroxylation is 1. The molecule has 0 radical (unpaired) electrons. The molecule has 0 aliphatic rings. The second kappa shape index (κ2) is 4.18. The van der Waals surface area contributed by atoms with Crippen LogP contribution in [0.2, 0.25) is 5.02 Å². The van der Waals surface area contributed by atoms with Crippen LogP contribution in [0, 0.1) is 6.92 Å². The molecular weight excluding hydrogens is 244 g/mol. The number of benzene rings is 1. The van der Waals surface area contributed by atoms with E-state index in [-0.39, 0.29) is 17.3 Å². The first kappa shape index (κ1) is 11.6. The van der Waals surface area contributed by atoms with Crippen LogP contribution in [0.15, 0.2) is 16.7 Å². The van der Waals surface area contributed by atoms with Crippen molar-refractivity contribution in [3.8, 4) is 22.8 Å². The predicted octanol–water partition coefficient (Wildman–Crippen LogP) is 2.60. The SMILES string of the molecule is COc1c(Cl)cc(C)c(-c2cc(N)no2)c1O.